The summed E-state index contributed by atoms with van der Waals surface area (Å²) in [5.74, 6) is -0.406. The summed E-state index contributed by atoms with van der Waals surface area (Å²) in [4.78, 5) is 44.9. The van der Waals surface area contributed by atoms with Gasteiger partial charge in [-0.3, -0.25) is 14.4 Å². The van der Waals surface area contributed by atoms with Gasteiger partial charge in [0.2, 0.25) is 0 Å². The Kier molecular flexibility index (Phi) is 12.6. The SMILES string of the molecule is COC(=O)CCCON(CCSC(c1ccccc1)(c1ccccc1)c1ccccc1)C(=O)[C@H](C)NC(=O)OCC1c2ccccc2-c2ccccc21. The number of nitrogens with zero attached hydrogens (tertiary/aromatic N) is 1. The highest BCUT2D eigenvalue weighted by Gasteiger charge is 2.37. The maximum absolute atomic E-state index is 13.9. The van der Waals surface area contributed by atoms with E-state index in [1.807, 2.05) is 78.9 Å². The van der Waals surface area contributed by atoms with Crippen LogP contribution >= 0.6 is 11.8 Å². The highest BCUT2D eigenvalue weighted by molar-refractivity contribution is 8.00. The number of hydrogen-bond acceptors (Lipinski definition) is 7. The van der Waals surface area contributed by atoms with Crippen LogP contribution < -0.4 is 5.32 Å². The van der Waals surface area contributed by atoms with Gasteiger partial charge < -0.3 is 14.8 Å². The molecular formula is C44H44N2O6S. The molecule has 0 fully saturated rings. The Balaban J connectivity index is 1.16. The molecule has 0 unspecified atom stereocenters. The van der Waals surface area contributed by atoms with Crippen molar-refractivity contribution in [2.45, 2.75) is 36.5 Å². The molecule has 0 radical (unpaired) electrons. The normalized spacial score (nSPS) is 12.6. The highest BCUT2D eigenvalue weighted by atomic mass is 32.2. The zero-order valence-electron chi connectivity index (χ0n) is 30.0. The van der Waals surface area contributed by atoms with Crippen molar-refractivity contribution >= 4 is 29.7 Å². The molecule has 0 saturated carbocycles. The lowest BCUT2D eigenvalue weighted by molar-refractivity contribution is -0.187. The van der Waals surface area contributed by atoms with Crippen molar-refractivity contribution in [1.29, 1.82) is 0 Å². The van der Waals surface area contributed by atoms with Crippen LogP contribution in [-0.2, 0) is 28.6 Å². The predicted molar refractivity (Wildman–Crippen MR) is 208 cm³/mol. The number of ether oxygens (including phenoxy) is 2. The minimum Gasteiger partial charge on any atom is -0.469 e. The van der Waals surface area contributed by atoms with Gasteiger partial charge in [0, 0.05) is 18.1 Å². The maximum Gasteiger partial charge on any atom is 0.407 e. The van der Waals surface area contributed by atoms with E-state index in [-0.39, 0.29) is 38.1 Å². The summed E-state index contributed by atoms with van der Waals surface area (Å²) in [5, 5.41) is 4.02. The number of carbonyl (C=O) groups is 3. The molecule has 272 valence electrons. The second-order valence-electron chi connectivity index (χ2n) is 12.8. The molecule has 5 aromatic rings. The van der Waals surface area contributed by atoms with Crippen LogP contribution in [0.15, 0.2) is 140 Å². The molecule has 53 heavy (non-hydrogen) atoms. The van der Waals surface area contributed by atoms with Crippen LogP contribution in [0.1, 0.15) is 53.5 Å². The Morgan fingerprint density at radius 3 is 1.74 bits per heavy atom. The van der Waals surface area contributed by atoms with E-state index in [0.717, 1.165) is 38.9 Å². The van der Waals surface area contributed by atoms with Crippen LogP contribution in [-0.4, -0.2) is 61.7 Å². The topological polar surface area (TPSA) is 94.2 Å². The summed E-state index contributed by atoms with van der Waals surface area (Å²) in [5.41, 5.74) is 7.78. The molecule has 1 aliphatic carbocycles. The summed E-state index contributed by atoms with van der Waals surface area (Å²) in [7, 11) is 1.34. The molecular weight excluding hydrogens is 685 g/mol. The molecule has 0 saturated heterocycles. The van der Waals surface area contributed by atoms with Crippen LogP contribution in [0.2, 0.25) is 0 Å². The quantitative estimate of drug-likeness (QED) is 0.0473. The number of amides is 2. The van der Waals surface area contributed by atoms with Crippen LogP contribution in [0.5, 0.6) is 0 Å². The summed E-state index contributed by atoms with van der Waals surface area (Å²) in [6.45, 7) is 2.08. The molecule has 0 aromatic heterocycles. The molecule has 9 heteroatoms. The number of alkyl carbamates (subject to hydrolysis) is 1. The third-order valence-electron chi connectivity index (χ3n) is 9.45. The third-order valence-corrected chi connectivity index (χ3v) is 11.0. The van der Waals surface area contributed by atoms with Gasteiger partial charge in [-0.2, -0.15) is 0 Å². The van der Waals surface area contributed by atoms with Gasteiger partial charge in [-0.25, -0.2) is 9.86 Å². The first-order valence-corrected chi connectivity index (χ1v) is 18.8. The fraction of sp³-hybridized carbons (Fsp3) is 0.250. The molecule has 8 nitrogen and oxygen atoms in total. The predicted octanol–water partition coefficient (Wildman–Crippen LogP) is 8.35. The number of rotatable bonds is 16. The van der Waals surface area contributed by atoms with E-state index in [4.69, 9.17) is 14.3 Å². The van der Waals surface area contributed by atoms with Gasteiger partial charge in [0.05, 0.1) is 25.0 Å². The Bertz CT molecular complexity index is 1830. The standard InChI is InChI=1S/C44H44N2O6S/c1-32(45-43(49)51-31-40-38-25-14-12-23-36(38)37-24-13-15-26-39(37)40)42(48)46(52-29-16-27-41(47)50-2)28-30-53-44(33-17-6-3-7-18-33,34-19-8-4-9-20-34)35-21-10-5-11-22-35/h3-15,17-26,32,40H,16,27-31H2,1-2H3,(H,45,49)/t32-/m0/s1. The monoisotopic (exact) mass is 728 g/mol. The zero-order chi connectivity index (χ0) is 37.0. The van der Waals surface area contributed by atoms with Gasteiger partial charge >= 0.3 is 12.1 Å². The van der Waals surface area contributed by atoms with E-state index in [1.54, 1.807) is 18.7 Å². The lowest BCUT2D eigenvalue weighted by Crippen LogP contribution is -2.48. The first kappa shape index (κ1) is 37.4. The Labute approximate surface area is 315 Å². The van der Waals surface area contributed by atoms with Gasteiger partial charge in [-0.15, -0.1) is 11.8 Å². The second-order valence-corrected chi connectivity index (χ2v) is 14.1. The first-order chi connectivity index (χ1) is 25.9. The molecule has 6 rings (SSSR count). The van der Waals surface area contributed by atoms with Crippen molar-refractivity contribution in [2.75, 3.05) is 32.6 Å². The minimum absolute atomic E-state index is 0.107. The summed E-state index contributed by atoms with van der Waals surface area (Å²) in [6, 6.07) is 46.3. The van der Waals surface area contributed by atoms with Gasteiger partial charge in [0.25, 0.3) is 5.91 Å². The van der Waals surface area contributed by atoms with Crippen molar-refractivity contribution < 1.29 is 28.7 Å². The number of benzene rings is 5. The van der Waals surface area contributed by atoms with Gasteiger partial charge in [0.15, 0.2) is 0 Å². The molecule has 0 aliphatic heterocycles. The van der Waals surface area contributed by atoms with Crippen LogP contribution in [0.3, 0.4) is 0 Å². The average molecular weight is 729 g/mol. The van der Waals surface area contributed by atoms with Crippen LogP contribution in [0, 0.1) is 0 Å². The number of thioether (sulfide) groups is 1. The minimum atomic E-state index is -0.946. The maximum atomic E-state index is 13.9. The van der Waals surface area contributed by atoms with E-state index < -0.39 is 22.8 Å². The lowest BCUT2D eigenvalue weighted by Gasteiger charge is -2.36. The molecule has 5 aromatic carbocycles. The molecule has 1 atom stereocenters. The van der Waals surface area contributed by atoms with Crippen molar-refractivity contribution in [3.8, 4) is 11.1 Å². The van der Waals surface area contributed by atoms with E-state index >= 15 is 0 Å². The molecule has 0 heterocycles. The second kappa shape index (κ2) is 17.9. The lowest BCUT2D eigenvalue weighted by atomic mass is 9.84. The number of carbonyl (C=O) groups excluding carboxylic acids is 3. The van der Waals surface area contributed by atoms with E-state index in [0.29, 0.717) is 12.2 Å². The van der Waals surface area contributed by atoms with Crippen molar-refractivity contribution in [2.24, 2.45) is 0 Å². The molecule has 1 N–H and O–H groups in total. The van der Waals surface area contributed by atoms with Gasteiger partial charge in [-0.05, 0) is 52.3 Å². The summed E-state index contributed by atoms with van der Waals surface area (Å²) in [6.07, 6.45) is -0.177. The van der Waals surface area contributed by atoms with Gasteiger partial charge in [-0.1, -0.05) is 140 Å². The summed E-state index contributed by atoms with van der Waals surface area (Å²) >= 11 is 1.70. The van der Waals surface area contributed by atoms with Crippen molar-refractivity contribution in [3.63, 3.8) is 0 Å². The zero-order valence-corrected chi connectivity index (χ0v) is 30.8. The number of fused-ring (bicyclic) bond motifs is 3. The molecule has 0 spiro atoms. The van der Waals surface area contributed by atoms with E-state index in [1.165, 1.54) is 12.2 Å². The fourth-order valence-corrected chi connectivity index (χ4v) is 8.35. The number of methoxy groups -OCH3 is 1. The highest BCUT2D eigenvalue weighted by Crippen LogP contribution is 2.48. The summed E-state index contributed by atoms with van der Waals surface area (Å²) < 4.78 is 9.92. The van der Waals surface area contributed by atoms with E-state index in [2.05, 4.69) is 66.0 Å². The first-order valence-electron chi connectivity index (χ1n) is 17.9. The van der Waals surface area contributed by atoms with Crippen molar-refractivity contribution in [3.05, 3.63) is 167 Å². The average Bonchev–Trinajstić information content (AvgIpc) is 3.53. The van der Waals surface area contributed by atoms with E-state index in [9.17, 15) is 14.4 Å². The molecule has 1 aliphatic rings. The Morgan fingerprint density at radius 1 is 0.736 bits per heavy atom. The number of hydroxylamine groups is 2. The Morgan fingerprint density at radius 2 is 1.23 bits per heavy atom. The smallest absolute Gasteiger partial charge is 0.407 e. The molecule has 2 amide bonds. The van der Waals surface area contributed by atoms with Gasteiger partial charge in [0.1, 0.15) is 12.6 Å². The van der Waals surface area contributed by atoms with Crippen molar-refractivity contribution in [1.82, 2.24) is 10.4 Å². The van der Waals surface area contributed by atoms with Crippen LogP contribution in [0.25, 0.3) is 11.1 Å². The fourth-order valence-electron chi connectivity index (χ4n) is 6.88. The Hall–Kier alpha value is -5.38. The third kappa shape index (κ3) is 8.64. The van der Waals surface area contributed by atoms with Crippen LogP contribution in [0.4, 0.5) is 4.79 Å². The number of hydrogen-bond donors (Lipinski definition) is 1. The number of esters is 1. The molecule has 0 bridgehead atoms. The largest absolute Gasteiger partial charge is 0.469 e. The number of nitrogens with one attached hydrogen (secondary N) is 1.